The average Bonchev–Trinajstić information content (AvgIpc) is 2.44. The van der Waals surface area contributed by atoms with Gasteiger partial charge in [-0.05, 0) is 36.3 Å². The fraction of sp³-hybridized carbons (Fsp3) is 0.471. The van der Waals surface area contributed by atoms with Gasteiger partial charge >= 0.3 is 0 Å². The van der Waals surface area contributed by atoms with Crippen molar-refractivity contribution in [2.45, 2.75) is 44.9 Å². The molecule has 1 nitrogen and oxygen atoms in total. The van der Waals surface area contributed by atoms with E-state index in [1.54, 1.807) is 0 Å². The molecule has 1 aromatic carbocycles. The van der Waals surface area contributed by atoms with E-state index in [1.165, 1.54) is 43.2 Å². The van der Waals surface area contributed by atoms with Gasteiger partial charge in [0.15, 0.2) is 5.78 Å². The van der Waals surface area contributed by atoms with Crippen molar-refractivity contribution in [3.8, 4) is 0 Å². The quantitative estimate of drug-likeness (QED) is 0.699. The lowest BCUT2D eigenvalue weighted by atomic mass is 9.82. The fourth-order valence-electron chi connectivity index (χ4n) is 3.28. The fourth-order valence-corrected chi connectivity index (χ4v) is 3.28. The molecule has 0 bridgehead atoms. The normalized spacial score (nSPS) is 23.1. The molecule has 0 radical (unpaired) electrons. The third-order valence-electron chi connectivity index (χ3n) is 4.28. The Balaban J connectivity index is 1.91. The number of Topliss-reactive ketones (excluding diaryl/α,β-unsaturated/α-hetero) is 1. The van der Waals surface area contributed by atoms with Crippen LogP contribution in [0.5, 0.6) is 0 Å². The van der Waals surface area contributed by atoms with Crippen molar-refractivity contribution >= 4 is 11.4 Å². The molecule has 1 aromatic rings. The third-order valence-corrected chi connectivity index (χ3v) is 4.28. The second kappa shape index (κ2) is 5.09. The molecule has 0 atom stereocenters. The van der Waals surface area contributed by atoms with Crippen molar-refractivity contribution in [1.29, 1.82) is 0 Å². The first-order valence-electron chi connectivity index (χ1n) is 7.18. The Hall–Kier alpha value is -1.37. The summed E-state index contributed by atoms with van der Waals surface area (Å²) in [7, 11) is 0. The summed E-state index contributed by atoms with van der Waals surface area (Å²) in [5, 5.41) is 0. The molecule has 1 heteroatoms. The number of rotatable bonds is 1. The van der Waals surface area contributed by atoms with Crippen LogP contribution in [0, 0.1) is 5.92 Å². The first kappa shape index (κ1) is 11.7. The van der Waals surface area contributed by atoms with Gasteiger partial charge in [-0.25, -0.2) is 0 Å². The minimum absolute atomic E-state index is 0.311. The highest BCUT2D eigenvalue weighted by Crippen LogP contribution is 2.34. The van der Waals surface area contributed by atoms with Gasteiger partial charge < -0.3 is 0 Å². The third kappa shape index (κ3) is 2.27. The van der Waals surface area contributed by atoms with Crippen molar-refractivity contribution in [2.75, 3.05) is 0 Å². The van der Waals surface area contributed by atoms with Gasteiger partial charge in [0.2, 0.25) is 0 Å². The summed E-state index contributed by atoms with van der Waals surface area (Å²) in [5.41, 5.74) is 3.54. The largest absolute Gasteiger partial charge is 0.294 e. The van der Waals surface area contributed by atoms with E-state index >= 15 is 0 Å². The van der Waals surface area contributed by atoms with Gasteiger partial charge in [0.25, 0.3) is 0 Å². The standard InChI is InChI=1S/C17H20O/c18-17-11-10-14(12-13-6-2-1-3-7-13)15-8-4-5-9-16(15)17/h4-5,8-9,12-13H,1-3,6-7,10-11H2/b14-12+. The maximum absolute atomic E-state index is 11.9. The number of ketones is 1. The topological polar surface area (TPSA) is 17.1 Å². The maximum atomic E-state index is 11.9. The first-order valence-corrected chi connectivity index (χ1v) is 7.18. The number of hydrogen-bond acceptors (Lipinski definition) is 1. The van der Waals surface area contributed by atoms with Crippen molar-refractivity contribution in [3.05, 3.63) is 41.5 Å². The predicted octanol–water partition coefficient (Wildman–Crippen LogP) is 4.63. The van der Waals surface area contributed by atoms with Crippen LogP contribution in [0.15, 0.2) is 30.3 Å². The van der Waals surface area contributed by atoms with E-state index in [9.17, 15) is 4.79 Å². The zero-order valence-corrected chi connectivity index (χ0v) is 10.8. The van der Waals surface area contributed by atoms with Gasteiger partial charge in [0.05, 0.1) is 0 Å². The highest BCUT2D eigenvalue weighted by atomic mass is 16.1. The molecule has 0 spiro atoms. The predicted molar refractivity (Wildman–Crippen MR) is 74.6 cm³/mol. The summed E-state index contributed by atoms with van der Waals surface area (Å²) in [6.45, 7) is 0. The zero-order chi connectivity index (χ0) is 12.4. The average molecular weight is 240 g/mol. The Morgan fingerprint density at radius 2 is 1.67 bits per heavy atom. The molecule has 1 fully saturated rings. The summed E-state index contributed by atoms with van der Waals surface area (Å²) in [6.07, 6.45) is 10.9. The Kier molecular flexibility index (Phi) is 3.31. The van der Waals surface area contributed by atoms with Crippen molar-refractivity contribution < 1.29 is 4.79 Å². The molecule has 0 heterocycles. The molecule has 94 valence electrons. The number of allylic oxidation sites excluding steroid dienone is 2. The summed E-state index contributed by atoms with van der Waals surface area (Å²) in [5.74, 6) is 1.06. The monoisotopic (exact) mass is 240 g/mol. The van der Waals surface area contributed by atoms with Crippen LogP contribution in [0.2, 0.25) is 0 Å². The second-order valence-corrected chi connectivity index (χ2v) is 5.56. The van der Waals surface area contributed by atoms with E-state index in [4.69, 9.17) is 0 Å². The van der Waals surface area contributed by atoms with E-state index < -0.39 is 0 Å². The van der Waals surface area contributed by atoms with E-state index in [-0.39, 0.29) is 0 Å². The summed E-state index contributed by atoms with van der Waals surface area (Å²) in [6, 6.07) is 8.11. The van der Waals surface area contributed by atoms with Crippen LogP contribution >= 0.6 is 0 Å². The number of carbonyl (C=O) groups excluding carboxylic acids is 1. The van der Waals surface area contributed by atoms with Gasteiger partial charge in [-0.3, -0.25) is 4.79 Å². The van der Waals surface area contributed by atoms with E-state index in [0.717, 1.165) is 17.9 Å². The minimum atomic E-state index is 0.311. The second-order valence-electron chi connectivity index (χ2n) is 5.56. The van der Waals surface area contributed by atoms with Crippen LogP contribution in [0.1, 0.15) is 60.9 Å². The Labute approximate surface area is 109 Å². The van der Waals surface area contributed by atoms with Gasteiger partial charge in [0, 0.05) is 12.0 Å². The van der Waals surface area contributed by atoms with Crippen LogP contribution < -0.4 is 0 Å². The first-order chi connectivity index (χ1) is 8.84. The number of benzene rings is 1. The Morgan fingerprint density at radius 3 is 2.44 bits per heavy atom. The van der Waals surface area contributed by atoms with Crippen molar-refractivity contribution in [3.63, 3.8) is 0 Å². The molecule has 0 aromatic heterocycles. The number of carbonyl (C=O) groups is 1. The van der Waals surface area contributed by atoms with Crippen LogP contribution in [-0.2, 0) is 0 Å². The smallest absolute Gasteiger partial charge is 0.163 e. The Bertz CT molecular complexity index is 478. The van der Waals surface area contributed by atoms with Crippen molar-refractivity contribution in [2.24, 2.45) is 5.92 Å². The maximum Gasteiger partial charge on any atom is 0.163 e. The van der Waals surface area contributed by atoms with Gasteiger partial charge in [-0.1, -0.05) is 49.6 Å². The Morgan fingerprint density at radius 1 is 0.944 bits per heavy atom. The lowest BCUT2D eigenvalue weighted by Crippen LogP contribution is -2.11. The molecule has 0 N–H and O–H groups in total. The molecular formula is C17H20O. The lowest BCUT2D eigenvalue weighted by molar-refractivity contribution is 0.0980. The SMILES string of the molecule is O=C1CC/C(=C\C2CCCCC2)c2ccccc21. The van der Waals surface area contributed by atoms with Crippen LogP contribution in [0.25, 0.3) is 5.57 Å². The number of hydrogen-bond donors (Lipinski definition) is 0. The molecule has 2 aliphatic rings. The van der Waals surface area contributed by atoms with Gasteiger partial charge in [-0.2, -0.15) is 0 Å². The summed E-state index contributed by atoms with van der Waals surface area (Å²) < 4.78 is 0. The molecule has 1 saturated carbocycles. The summed E-state index contributed by atoms with van der Waals surface area (Å²) in [4.78, 5) is 11.9. The van der Waals surface area contributed by atoms with E-state index in [1.807, 2.05) is 18.2 Å². The molecule has 0 aliphatic heterocycles. The molecule has 18 heavy (non-hydrogen) atoms. The van der Waals surface area contributed by atoms with Crippen LogP contribution in [0.3, 0.4) is 0 Å². The molecule has 0 unspecified atom stereocenters. The summed E-state index contributed by atoms with van der Waals surface area (Å²) >= 11 is 0. The highest BCUT2D eigenvalue weighted by molar-refractivity contribution is 6.04. The molecule has 0 saturated heterocycles. The van der Waals surface area contributed by atoms with Gasteiger partial charge in [0.1, 0.15) is 0 Å². The zero-order valence-electron chi connectivity index (χ0n) is 10.8. The highest BCUT2D eigenvalue weighted by Gasteiger charge is 2.21. The molecule has 2 aliphatic carbocycles. The van der Waals surface area contributed by atoms with Crippen LogP contribution in [-0.4, -0.2) is 5.78 Å². The lowest BCUT2D eigenvalue weighted by Gasteiger charge is -2.23. The van der Waals surface area contributed by atoms with E-state index in [0.29, 0.717) is 12.2 Å². The number of fused-ring (bicyclic) bond motifs is 1. The molecular weight excluding hydrogens is 220 g/mol. The molecule has 3 rings (SSSR count). The van der Waals surface area contributed by atoms with E-state index in [2.05, 4.69) is 12.1 Å². The molecule has 0 amide bonds. The van der Waals surface area contributed by atoms with Gasteiger partial charge in [-0.15, -0.1) is 0 Å². The minimum Gasteiger partial charge on any atom is -0.294 e. The van der Waals surface area contributed by atoms with Crippen LogP contribution in [0.4, 0.5) is 0 Å². The van der Waals surface area contributed by atoms with Crippen molar-refractivity contribution in [1.82, 2.24) is 0 Å².